The van der Waals surface area contributed by atoms with E-state index in [9.17, 15) is 0 Å². The summed E-state index contributed by atoms with van der Waals surface area (Å²) in [4.78, 5) is 1.30. The summed E-state index contributed by atoms with van der Waals surface area (Å²) in [5, 5.41) is 4.44. The highest BCUT2D eigenvalue weighted by atomic mass is 35.5. The molecule has 0 amide bonds. The third-order valence-electron chi connectivity index (χ3n) is 3.18. The largest absolute Gasteiger partial charge is 0.377 e. The molecule has 0 aliphatic carbocycles. The molecule has 0 aliphatic rings. The zero-order valence-corrected chi connectivity index (χ0v) is 13.5. The van der Waals surface area contributed by atoms with Crippen LogP contribution in [0.1, 0.15) is 31.9 Å². The van der Waals surface area contributed by atoms with E-state index in [1.807, 2.05) is 30.0 Å². The number of thioether (sulfide) groups is 1. The van der Waals surface area contributed by atoms with Crippen molar-refractivity contribution in [2.75, 3.05) is 11.1 Å². The summed E-state index contributed by atoms with van der Waals surface area (Å²) in [7, 11) is 0. The van der Waals surface area contributed by atoms with Crippen LogP contribution in [0.25, 0.3) is 0 Å². The minimum Gasteiger partial charge on any atom is -0.377 e. The highest BCUT2D eigenvalue weighted by Crippen LogP contribution is 2.31. The van der Waals surface area contributed by atoms with Crippen LogP contribution in [0.2, 0.25) is 5.02 Å². The van der Waals surface area contributed by atoms with Gasteiger partial charge in [-0.15, -0.1) is 11.8 Å². The number of halogens is 1. The van der Waals surface area contributed by atoms with Gasteiger partial charge in [0.15, 0.2) is 0 Å². The van der Waals surface area contributed by atoms with E-state index < -0.39 is 0 Å². The van der Waals surface area contributed by atoms with Crippen molar-refractivity contribution in [1.82, 2.24) is 0 Å². The second kappa shape index (κ2) is 7.61. The van der Waals surface area contributed by atoms with Gasteiger partial charge >= 0.3 is 0 Å². The Morgan fingerprint density at radius 1 is 1.10 bits per heavy atom. The maximum atomic E-state index is 6.10. The van der Waals surface area contributed by atoms with Gasteiger partial charge in [0.25, 0.3) is 0 Å². The molecular formula is C17H20ClNS. The second-order valence-electron chi connectivity index (χ2n) is 4.59. The quantitative estimate of drug-likeness (QED) is 0.655. The van der Waals surface area contributed by atoms with Crippen molar-refractivity contribution in [1.29, 1.82) is 0 Å². The Balaban J connectivity index is 2.22. The predicted octanol–water partition coefficient (Wildman–Crippen LogP) is 6.02. The molecule has 0 aromatic heterocycles. The highest BCUT2D eigenvalue weighted by molar-refractivity contribution is 7.99. The van der Waals surface area contributed by atoms with Gasteiger partial charge in [0, 0.05) is 15.6 Å². The van der Waals surface area contributed by atoms with Crippen LogP contribution in [0.5, 0.6) is 0 Å². The topological polar surface area (TPSA) is 12.0 Å². The Bertz CT molecular complexity index is 556. The fraction of sp³-hybridized carbons (Fsp3) is 0.294. The lowest BCUT2D eigenvalue weighted by atomic mass is 10.0. The Morgan fingerprint density at radius 3 is 2.60 bits per heavy atom. The second-order valence-corrected chi connectivity index (χ2v) is 6.33. The van der Waals surface area contributed by atoms with Crippen LogP contribution < -0.4 is 5.32 Å². The molecule has 0 saturated carbocycles. The number of hydrogen-bond donors (Lipinski definition) is 1. The molecular weight excluding hydrogens is 286 g/mol. The van der Waals surface area contributed by atoms with Crippen LogP contribution in [0.15, 0.2) is 53.4 Å². The number of hydrogen-bond acceptors (Lipinski definition) is 2. The molecule has 106 valence electrons. The molecule has 2 aromatic carbocycles. The zero-order valence-electron chi connectivity index (χ0n) is 11.9. The SMILES string of the molecule is CCSc1ccccc1NC(CC)c1cccc(Cl)c1. The molecule has 20 heavy (non-hydrogen) atoms. The van der Waals surface area contributed by atoms with Crippen LogP contribution in [0.4, 0.5) is 5.69 Å². The maximum Gasteiger partial charge on any atom is 0.0512 e. The molecule has 0 aliphatic heterocycles. The third kappa shape index (κ3) is 3.94. The average Bonchev–Trinajstić information content (AvgIpc) is 2.46. The zero-order chi connectivity index (χ0) is 14.4. The van der Waals surface area contributed by atoms with Crippen molar-refractivity contribution < 1.29 is 0 Å². The van der Waals surface area contributed by atoms with Crippen molar-refractivity contribution in [3.8, 4) is 0 Å². The Hall–Kier alpha value is -1.12. The van der Waals surface area contributed by atoms with Crippen molar-refractivity contribution in [2.24, 2.45) is 0 Å². The Morgan fingerprint density at radius 2 is 1.90 bits per heavy atom. The predicted molar refractivity (Wildman–Crippen MR) is 90.9 cm³/mol. The molecule has 2 aromatic rings. The van der Waals surface area contributed by atoms with E-state index in [1.165, 1.54) is 16.1 Å². The summed E-state index contributed by atoms with van der Waals surface area (Å²) in [5.41, 5.74) is 2.43. The van der Waals surface area contributed by atoms with E-state index in [0.29, 0.717) is 0 Å². The minimum absolute atomic E-state index is 0.285. The Labute approximate surface area is 130 Å². The Kier molecular flexibility index (Phi) is 5.81. The number of rotatable bonds is 6. The monoisotopic (exact) mass is 305 g/mol. The molecule has 0 spiro atoms. The molecule has 0 heterocycles. The molecule has 0 saturated heterocycles. The molecule has 0 radical (unpaired) electrons. The molecule has 1 N–H and O–H groups in total. The number of anilines is 1. The van der Waals surface area contributed by atoms with E-state index in [4.69, 9.17) is 11.6 Å². The van der Waals surface area contributed by atoms with Gasteiger partial charge in [0.1, 0.15) is 0 Å². The number of benzene rings is 2. The number of para-hydroxylation sites is 1. The van der Waals surface area contributed by atoms with Crippen LogP contribution in [-0.2, 0) is 0 Å². The van der Waals surface area contributed by atoms with Gasteiger partial charge < -0.3 is 5.32 Å². The van der Waals surface area contributed by atoms with Gasteiger partial charge in [0.05, 0.1) is 6.04 Å². The normalized spacial score (nSPS) is 12.2. The number of nitrogens with one attached hydrogen (secondary N) is 1. The average molecular weight is 306 g/mol. The van der Waals surface area contributed by atoms with Gasteiger partial charge in [-0.2, -0.15) is 0 Å². The lowest BCUT2D eigenvalue weighted by Gasteiger charge is -2.21. The summed E-state index contributed by atoms with van der Waals surface area (Å²) in [5.74, 6) is 1.08. The van der Waals surface area contributed by atoms with Crippen LogP contribution in [0, 0.1) is 0 Å². The maximum absolute atomic E-state index is 6.10. The summed E-state index contributed by atoms with van der Waals surface area (Å²) in [6.07, 6.45) is 1.02. The van der Waals surface area contributed by atoms with Crippen LogP contribution in [0.3, 0.4) is 0 Å². The van der Waals surface area contributed by atoms with Gasteiger partial charge in [-0.05, 0) is 42.0 Å². The first-order valence-corrected chi connectivity index (χ1v) is 8.34. The van der Waals surface area contributed by atoms with Crippen LogP contribution in [-0.4, -0.2) is 5.75 Å². The lowest BCUT2D eigenvalue weighted by molar-refractivity contribution is 0.747. The summed E-state index contributed by atoms with van der Waals surface area (Å²) >= 11 is 7.96. The molecule has 1 nitrogen and oxygen atoms in total. The molecule has 1 atom stereocenters. The molecule has 0 fully saturated rings. The van der Waals surface area contributed by atoms with Crippen molar-refractivity contribution in [3.05, 3.63) is 59.1 Å². The molecule has 1 unspecified atom stereocenters. The fourth-order valence-electron chi connectivity index (χ4n) is 2.20. The molecule has 2 rings (SSSR count). The smallest absolute Gasteiger partial charge is 0.0512 e. The summed E-state index contributed by atoms with van der Waals surface area (Å²) in [6, 6.07) is 16.9. The van der Waals surface area contributed by atoms with Gasteiger partial charge in [0.2, 0.25) is 0 Å². The first-order chi connectivity index (χ1) is 9.74. The van der Waals surface area contributed by atoms with Crippen molar-refractivity contribution in [3.63, 3.8) is 0 Å². The highest BCUT2D eigenvalue weighted by Gasteiger charge is 2.11. The van der Waals surface area contributed by atoms with E-state index >= 15 is 0 Å². The van der Waals surface area contributed by atoms with E-state index in [-0.39, 0.29) is 6.04 Å². The summed E-state index contributed by atoms with van der Waals surface area (Å²) < 4.78 is 0. The van der Waals surface area contributed by atoms with Gasteiger partial charge in [-0.1, -0.05) is 49.7 Å². The fourth-order valence-corrected chi connectivity index (χ4v) is 3.17. The third-order valence-corrected chi connectivity index (χ3v) is 4.37. The minimum atomic E-state index is 0.285. The first-order valence-electron chi connectivity index (χ1n) is 6.98. The van der Waals surface area contributed by atoms with Crippen molar-refractivity contribution >= 4 is 29.1 Å². The standard InChI is InChI=1S/C17H20ClNS/c1-3-15(13-8-7-9-14(18)12-13)19-16-10-5-6-11-17(16)20-4-2/h5-12,15,19H,3-4H2,1-2H3. The van der Waals surface area contributed by atoms with E-state index in [2.05, 4.69) is 49.5 Å². The van der Waals surface area contributed by atoms with E-state index in [0.717, 1.165) is 17.2 Å². The first kappa shape index (κ1) is 15.3. The molecule has 3 heteroatoms. The van der Waals surface area contributed by atoms with Gasteiger partial charge in [-0.25, -0.2) is 0 Å². The van der Waals surface area contributed by atoms with E-state index in [1.54, 1.807) is 0 Å². The lowest BCUT2D eigenvalue weighted by Crippen LogP contribution is -2.10. The summed E-state index contributed by atoms with van der Waals surface area (Å²) in [6.45, 7) is 4.36. The van der Waals surface area contributed by atoms with Gasteiger partial charge in [-0.3, -0.25) is 0 Å². The molecule has 0 bridgehead atoms. The van der Waals surface area contributed by atoms with Crippen LogP contribution >= 0.6 is 23.4 Å². The van der Waals surface area contributed by atoms with Crippen molar-refractivity contribution in [2.45, 2.75) is 31.2 Å².